The number of hydrogen-bond acceptors (Lipinski definition) is 3. The molecule has 1 aliphatic rings. The number of hydrogen-bond donors (Lipinski definition) is 0. The van der Waals surface area contributed by atoms with Crippen LogP contribution < -0.4 is 4.74 Å². The zero-order valence-corrected chi connectivity index (χ0v) is 12.8. The molecule has 0 unspecified atom stereocenters. The molecule has 0 bridgehead atoms. The van der Waals surface area contributed by atoms with Crippen LogP contribution in [0.3, 0.4) is 0 Å². The molecule has 1 saturated heterocycles. The van der Waals surface area contributed by atoms with Gasteiger partial charge in [0, 0.05) is 6.54 Å². The standard InChI is InChI=1S/C16H22FNO3/c1-16(2,3)21-15(19)18-10-4-5-13(18)11-20-14-8-6-12(17)7-9-14/h6-9,13H,4-5,10-11H2,1-3H3/t13-/m0/s1. The third-order valence-electron chi connectivity index (χ3n) is 3.26. The lowest BCUT2D eigenvalue weighted by atomic mass is 10.2. The van der Waals surface area contributed by atoms with Crippen molar-refractivity contribution in [2.75, 3.05) is 13.2 Å². The van der Waals surface area contributed by atoms with Gasteiger partial charge in [-0.25, -0.2) is 9.18 Å². The molecule has 0 spiro atoms. The normalized spacial score (nSPS) is 18.7. The lowest BCUT2D eigenvalue weighted by Gasteiger charge is -2.28. The van der Waals surface area contributed by atoms with Crippen molar-refractivity contribution in [2.24, 2.45) is 0 Å². The van der Waals surface area contributed by atoms with Crippen LogP contribution in [0.2, 0.25) is 0 Å². The molecular formula is C16H22FNO3. The van der Waals surface area contributed by atoms with Crippen molar-refractivity contribution < 1.29 is 18.7 Å². The van der Waals surface area contributed by atoms with Crippen molar-refractivity contribution in [3.05, 3.63) is 30.1 Å². The van der Waals surface area contributed by atoms with Gasteiger partial charge in [-0.05, 0) is 57.9 Å². The Morgan fingerprint density at radius 2 is 2.00 bits per heavy atom. The van der Waals surface area contributed by atoms with Gasteiger partial charge in [0.25, 0.3) is 0 Å². The molecule has 0 radical (unpaired) electrons. The summed E-state index contributed by atoms with van der Waals surface area (Å²) in [5.74, 6) is 0.311. The molecule has 1 fully saturated rings. The minimum absolute atomic E-state index is 0.00454. The Kier molecular flexibility index (Phi) is 4.70. The van der Waals surface area contributed by atoms with Gasteiger partial charge in [-0.15, -0.1) is 0 Å². The molecule has 0 N–H and O–H groups in total. The highest BCUT2D eigenvalue weighted by atomic mass is 19.1. The number of carbonyl (C=O) groups is 1. The largest absolute Gasteiger partial charge is 0.491 e. The zero-order valence-electron chi connectivity index (χ0n) is 12.8. The summed E-state index contributed by atoms with van der Waals surface area (Å²) in [6.45, 7) is 6.64. The van der Waals surface area contributed by atoms with Crippen molar-refractivity contribution in [1.29, 1.82) is 0 Å². The second-order valence-corrected chi connectivity index (χ2v) is 6.23. The fourth-order valence-corrected chi connectivity index (χ4v) is 2.29. The van der Waals surface area contributed by atoms with Crippen molar-refractivity contribution in [3.8, 4) is 5.75 Å². The van der Waals surface area contributed by atoms with Gasteiger partial charge in [0.2, 0.25) is 0 Å². The smallest absolute Gasteiger partial charge is 0.410 e. The molecule has 0 aromatic heterocycles. The highest BCUT2D eigenvalue weighted by Crippen LogP contribution is 2.22. The summed E-state index contributed by atoms with van der Waals surface area (Å²) >= 11 is 0. The van der Waals surface area contributed by atoms with E-state index in [2.05, 4.69) is 0 Å². The summed E-state index contributed by atoms with van der Waals surface area (Å²) in [5.41, 5.74) is -0.498. The Hall–Kier alpha value is -1.78. The van der Waals surface area contributed by atoms with E-state index in [9.17, 15) is 9.18 Å². The first-order valence-electron chi connectivity index (χ1n) is 7.23. The maximum absolute atomic E-state index is 12.8. The Balaban J connectivity index is 1.90. The van der Waals surface area contributed by atoms with Gasteiger partial charge >= 0.3 is 6.09 Å². The van der Waals surface area contributed by atoms with Crippen LogP contribution in [-0.4, -0.2) is 35.8 Å². The first-order chi connectivity index (χ1) is 9.85. The number of ether oxygens (including phenoxy) is 2. The van der Waals surface area contributed by atoms with Crippen molar-refractivity contribution in [1.82, 2.24) is 4.90 Å². The minimum atomic E-state index is -0.498. The topological polar surface area (TPSA) is 38.8 Å². The van der Waals surface area contributed by atoms with E-state index in [4.69, 9.17) is 9.47 Å². The summed E-state index contributed by atoms with van der Waals surface area (Å²) in [7, 11) is 0. The van der Waals surface area contributed by atoms with E-state index in [0.717, 1.165) is 12.8 Å². The average Bonchev–Trinajstić information content (AvgIpc) is 2.84. The predicted octanol–water partition coefficient (Wildman–Crippen LogP) is 3.60. The molecule has 5 heteroatoms. The van der Waals surface area contributed by atoms with Crippen LogP contribution in [0.5, 0.6) is 5.75 Å². The maximum Gasteiger partial charge on any atom is 0.410 e. The zero-order chi connectivity index (χ0) is 15.5. The van der Waals surface area contributed by atoms with E-state index in [-0.39, 0.29) is 18.0 Å². The fourth-order valence-electron chi connectivity index (χ4n) is 2.29. The summed E-state index contributed by atoms with van der Waals surface area (Å²) in [6.07, 6.45) is 1.53. The van der Waals surface area contributed by atoms with E-state index < -0.39 is 5.60 Å². The van der Waals surface area contributed by atoms with Crippen LogP contribution in [0.25, 0.3) is 0 Å². The summed E-state index contributed by atoms with van der Waals surface area (Å²) < 4.78 is 23.9. The number of benzene rings is 1. The number of likely N-dealkylation sites (tertiary alicyclic amines) is 1. The number of rotatable bonds is 3. The van der Waals surface area contributed by atoms with Gasteiger partial charge in [0.05, 0.1) is 6.04 Å². The molecule has 1 amide bonds. The molecule has 1 aromatic carbocycles. The van der Waals surface area contributed by atoms with E-state index in [0.29, 0.717) is 18.9 Å². The van der Waals surface area contributed by atoms with Crippen LogP contribution in [-0.2, 0) is 4.74 Å². The SMILES string of the molecule is CC(C)(C)OC(=O)N1CCC[C@H]1COc1ccc(F)cc1. The molecule has 4 nitrogen and oxygen atoms in total. The molecule has 21 heavy (non-hydrogen) atoms. The summed E-state index contributed by atoms with van der Waals surface area (Å²) in [4.78, 5) is 13.8. The van der Waals surface area contributed by atoms with Gasteiger partial charge in [0.1, 0.15) is 23.8 Å². The van der Waals surface area contributed by atoms with Gasteiger partial charge < -0.3 is 14.4 Å². The summed E-state index contributed by atoms with van der Waals surface area (Å²) in [6, 6.07) is 5.89. The van der Waals surface area contributed by atoms with Gasteiger partial charge in [-0.3, -0.25) is 0 Å². The number of halogens is 1. The van der Waals surface area contributed by atoms with Crippen molar-refractivity contribution >= 4 is 6.09 Å². The monoisotopic (exact) mass is 295 g/mol. The van der Waals surface area contributed by atoms with Crippen LogP contribution in [0.15, 0.2) is 24.3 Å². The third kappa shape index (κ3) is 4.62. The number of carbonyl (C=O) groups excluding carboxylic acids is 1. The molecule has 1 aromatic rings. The molecule has 2 rings (SSSR count). The second kappa shape index (κ2) is 6.33. The van der Waals surface area contributed by atoms with Gasteiger partial charge in [-0.1, -0.05) is 0 Å². The van der Waals surface area contributed by atoms with Crippen molar-refractivity contribution in [3.63, 3.8) is 0 Å². The minimum Gasteiger partial charge on any atom is -0.491 e. The fraction of sp³-hybridized carbons (Fsp3) is 0.562. The van der Waals surface area contributed by atoms with E-state index in [1.165, 1.54) is 12.1 Å². The quantitative estimate of drug-likeness (QED) is 0.855. The second-order valence-electron chi connectivity index (χ2n) is 6.23. The predicted molar refractivity (Wildman–Crippen MR) is 77.9 cm³/mol. The molecule has 0 aliphatic carbocycles. The highest BCUT2D eigenvalue weighted by molar-refractivity contribution is 5.69. The first kappa shape index (κ1) is 15.6. The number of nitrogens with zero attached hydrogens (tertiary/aromatic N) is 1. The highest BCUT2D eigenvalue weighted by Gasteiger charge is 2.32. The average molecular weight is 295 g/mol. The molecule has 116 valence electrons. The Labute approximate surface area is 124 Å². The molecular weight excluding hydrogens is 273 g/mol. The van der Waals surface area contributed by atoms with E-state index in [1.807, 2.05) is 20.8 Å². The molecule has 0 saturated carbocycles. The van der Waals surface area contributed by atoms with Crippen LogP contribution in [0.1, 0.15) is 33.6 Å². The van der Waals surface area contributed by atoms with Gasteiger partial charge in [-0.2, -0.15) is 0 Å². The molecule has 1 heterocycles. The maximum atomic E-state index is 12.8. The summed E-state index contributed by atoms with van der Waals surface area (Å²) in [5, 5.41) is 0. The molecule has 1 atom stereocenters. The Morgan fingerprint density at radius 1 is 1.33 bits per heavy atom. The molecule has 1 aliphatic heterocycles. The van der Waals surface area contributed by atoms with Gasteiger partial charge in [0.15, 0.2) is 0 Å². The Morgan fingerprint density at radius 3 is 2.62 bits per heavy atom. The van der Waals surface area contributed by atoms with E-state index >= 15 is 0 Å². The lowest BCUT2D eigenvalue weighted by molar-refractivity contribution is 0.0187. The van der Waals surface area contributed by atoms with E-state index in [1.54, 1.807) is 17.0 Å². The third-order valence-corrected chi connectivity index (χ3v) is 3.26. The first-order valence-corrected chi connectivity index (χ1v) is 7.23. The van der Waals surface area contributed by atoms with Crippen molar-refractivity contribution in [2.45, 2.75) is 45.3 Å². The Bertz CT molecular complexity index is 481. The van der Waals surface area contributed by atoms with Crippen LogP contribution in [0, 0.1) is 5.82 Å². The lowest BCUT2D eigenvalue weighted by Crippen LogP contribution is -2.42. The number of amides is 1. The van der Waals surface area contributed by atoms with Crippen LogP contribution >= 0.6 is 0 Å². The van der Waals surface area contributed by atoms with Crippen LogP contribution in [0.4, 0.5) is 9.18 Å².